The summed E-state index contributed by atoms with van der Waals surface area (Å²) in [5.74, 6) is 0.466. The second kappa shape index (κ2) is 3.49. The zero-order chi connectivity index (χ0) is 11.1. The molecular weight excluding hydrogens is 216 g/mol. The highest BCUT2D eigenvalue weighted by molar-refractivity contribution is 7.88. The Morgan fingerprint density at radius 3 is 2.80 bits per heavy atom. The van der Waals surface area contributed by atoms with Gasteiger partial charge in [-0.15, -0.1) is 0 Å². The van der Waals surface area contributed by atoms with Crippen LogP contribution >= 0.6 is 0 Å². The Kier molecular flexibility index (Phi) is 2.43. The molecule has 1 aliphatic rings. The van der Waals surface area contributed by atoms with E-state index >= 15 is 0 Å². The van der Waals surface area contributed by atoms with Crippen LogP contribution in [0.2, 0.25) is 0 Å². The monoisotopic (exact) mass is 230 g/mol. The number of rotatable bonds is 2. The second-order valence-electron chi connectivity index (χ2n) is 3.78. The van der Waals surface area contributed by atoms with Crippen LogP contribution in [0.4, 0.5) is 5.82 Å². The third kappa shape index (κ3) is 2.13. The van der Waals surface area contributed by atoms with E-state index in [1.54, 1.807) is 16.9 Å². The van der Waals surface area contributed by atoms with E-state index in [-0.39, 0.29) is 6.04 Å². The van der Waals surface area contributed by atoms with E-state index in [1.807, 2.05) is 0 Å². The van der Waals surface area contributed by atoms with Gasteiger partial charge in [0.15, 0.2) is 0 Å². The van der Waals surface area contributed by atoms with E-state index in [4.69, 9.17) is 5.73 Å². The Bertz CT molecular complexity index is 453. The average molecular weight is 230 g/mol. The van der Waals surface area contributed by atoms with Crippen LogP contribution in [0.5, 0.6) is 0 Å². The lowest BCUT2D eigenvalue weighted by Crippen LogP contribution is -2.28. The number of nitrogens with two attached hydrogens (primary N) is 1. The molecule has 0 saturated carbocycles. The number of nitrogens with zero attached hydrogens (tertiary/aromatic N) is 3. The standard InChI is InChI=1S/C8H14N4O2S/c1-15(13,14)11-4-2-7(6-11)12-5-3-8(9)10-12/h3,5,7H,2,4,6H2,1H3,(H2,9,10). The molecule has 84 valence electrons. The first-order chi connectivity index (χ1) is 6.97. The zero-order valence-electron chi connectivity index (χ0n) is 8.50. The summed E-state index contributed by atoms with van der Waals surface area (Å²) in [6.45, 7) is 1.04. The lowest BCUT2D eigenvalue weighted by atomic mass is 10.3. The fourth-order valence-electron chi connectivity index (χ4n) is 1.78. The SMILES string of the molecule is CS(=O)(=O)N1CCC(n2ccc(N)n2)C1. The van der Waals surface area contributed by atoms with Gasteiger partial charge in [0.2, 0.25) is 10.0 Å². The van der Waals surface area contributed by atoms with Crippen LogP contribution in [0, 0.1) is 0 Å². The van der Waals surface area contributed by atoms with E-state index in [0.717, 1.165) is 6.42 Å². The molecular formula is C8H14N4O2S. The number of aromatic nitrogens is 2. The van der Waals surface area contributed by atoms with Crippen molar-refractivity contribution in [3.8, 4) is 0 Å². The van der Waals surface area contributed by atoms with Crippen LogP contribution in [-0.4, -0.2) is 41.8 Å². The van der Waals surface area contributed by atoms with Crippen LogP contribution in [0.25, 0.3) is 0 Å². The van der Waals surface area contributed by atoms with E-state index in [9.17, 15) is 8.42 Å². The Morgan fingerprint density at radius 2 is 2.33 bits per heavy atom. The summed E-state index contributed by atoms with van der Waals surface area (Å²) in [7, 11) is -3.08. The highest BCUT2D eigenvalue weighted by atomic mass is 32.2. The van der Waals surface area contributed by atoms with Gasteiger partial charge in [0.05, 0.1) is 12.3 Å². The number of sulfonamides is 1. The normalized spacial score (nSPS) is 23.4. The number of nitrogen functional groups attached to an aromatic ring is 1. The van der Waals surface area contributed by atoms with Crippen molar-refractivity contribution >= 4 is 15.8 Å². The second-order valence-corrected chi connectivity index (χ2v) is 5.77. The van der Waals surface area contributed by atoms with Crippen LogP contribution in [0.1, 0.15) is 12.5 Å². The molecule has 2 N–H and O–H groups in total. The highest BCUT2D eigenvalue weighted by Crippen LogP contribution is 2.22. The predicted molar refractivity (Wildman–Crippen MR) is 56.7 cm³/mol. The summed E-state index contributed by atoms with van der Waals surface area (Å²) in [5, 5.41) is 4.08. The maximum Gasteiger partial charge on any atom is 0.211 e. The summed E-state index contributed by atoms with van der Waals surface area (Å²) in [6, 6.07) is 1.82. The van der Waals surface area contributed by atoms with E-state index in [2.05, 4.69) is 5.10 Å². The van der Waals surface area contributed by atoms with Gasteiger partial charge in [0, 0.05) is 19.3 Å². The van der Waals surface area contributed by atoms with Crippen molar-refractivity contribution < 1.29 is 8.42 Å². The predicted octanol–water partition coefficient (Wildman–Crippen LogP) is -0.328. The fraction of sp³-hybridized carbons (Fsp3) is 0.625. The third-order valence-corrected chi connectivity index (χ3v) is 3.87. The van der Waals surface area contributed by atoms with Crippen LogP contribution in [-0.2, 0) is 10.0 Å². The molecule has 2 heterocycles. The molecule has 0 spiro atoms. The molecule has 6 nitrogen and oxygen atoms in total. The molecule has 1 fully saturated rings. The number of anilines is 1. The quantitative estimate of drug-likeness (QED) is 0.754. The van der Waals surface area contributed by atoms with Gasteiger partial charge in [-0.3, -0.25) is 4.68 Å². The summed E-state index contributed by atoms with van der Waals surface area (Å²) >= 11 is 0. The molecule has 1 saturated heterocycles. The molecule has 2 rings (SSSR count). The Labute approximate surface area is 88.7 Å². The van der Waals surface area contributed by atoms with Crippen molar-refractivity contribution in [3.63, 3.8) is 0 Å². The van der Waals surface area contributed by atoms with Crippen LogP contribution in [0.3, 0.4) is 0 Å². The molecule has 1 aromatic rings. The molecule has 0 aromatic carbocycles. The van der Waals surface area contributed by atoms with Crippen molar-refractivity contribution in [2.24, 2.45) is 0 Å². The topological polar surface area (TPSA) is 81.2 Å². The van der Waals surface area contributed by atoms with Crippen molar-refractivity contribution in [1.82, 2.24) is 14.1 Å². The van der Waals surface area contributed by atoms with Crippen LogP contribution in [0.15, 0.2) is 12.3 Å². The van der Waals surface area contributed by atoms with Gasteiger partial charge in [0.25, 0.3) is 0 Å². The zero-order valence-corrected chi connectivity index (χ0v) is 9.31. The van der Waals surface area contributed by atoms with Crippen LogP contribution < -0.4 is 5.73 Å². The lowest BCUT2D eigenvalue weighted by molar-refractivity contribution is 0.438. The molecule has 0 bridgehead atoms. The maximum absolute atomic E-state index is 11.3. The smallest absolute Gasteiger partial charge is 0.211 e. The maximum atomic E-state index is 11.3. The highest BCUT2D eigenvalue weighted by Gasteiger charge is 2.29. The summed E-state index contributed by atoms with van der Waals surface area (Å²) in [5.41, 5.74) is 5.50. The minimum absolute atomic E-state index is 0.108. The lowest BCUT2D eigenvalue weighted by Gasteiger charge is -2.13. The summed E-state index contributed by atoms with van der Waals surface area (Å²) < 4.78 is 25.8. The minimum atomic E-state index is -3.08. The molecule has 0 radical (unpaired) electrons. The van der Waals surface area contributed by atoms with Gasteiger partial charge < -0.3 is 5.73 Å². The van der Waals surface area contributed by atoms with E-state index in [0.29, 0.717) is 18.9 Å². The largest absolute Gasteiger partial charge is 0.382 e. The number of hydrogen-bond acceptors (Lipinski definition) is 4. The molecule has 1 aromatic heterocycles. The van der Waals surface area contributed by atoms with Crippen molar-refractivity contribution in [1.29, 1.82) is 0 Å². The Balaban J connectivity index is 2.11. The van der Waals surface area contributed by atoms with Gasteiger partial charge in [0.1, 0.15) is 5.82 Å². The fourth-order valence-corrected chi connectivity index (χ4v) is 2.66. The molecule has 0 aliphatic carbocycles. The molecule has 1 aliphatic heterocycles. The first-order valence-corrected chi connectivity index (χ1v) is 6.57. The van der Waals surface area contributed by atoms with E-state index < -0.39 is 10.0 Å². The minimum Gasteiger partial charge on any atom is -0.382 e. The van der Waals surface area contributed by atoms with Crippen molar-refractivity contribution in [2.75, 3.05) is 25.1 Å². The first-order valence-electron chi connectivity index (χ1n) is 4.72. The Morgan fingerprint density at radius 1 is 1.60 bits per heavy atom. The van der Waals surface area contributed by atoms with Gasteiger partial charge in [-0.1, -0.05) is 0 Å². The molecule has 7 heteroatoms. The van der Waals surface area contributed by atoms with Crippen molar-refractivity contribution in [3.05, 3.63) is 12.3 Å². The molecule has 1 unspecified atom stereocenters. The summed E-state index contributed by atoms with van der Waals surface area (Å²) in [4.78, 5) is 0. The van der Waals surface area contributed by atoms with Gasteiger partial charge >= 0.3 is 0 Å². The third-order valence-electron chi connectivity index (χ3n) is 2.60. The molecule has 0 amide bonds. The van der Waals surface area contributed by atoms with E-state index in [1.165, 1.54) is 10.6 Å². The number of hydrogen-bond donors (Lipinski definition) is 1. The van der Waals surface area contributed by atoms with Gasteiger partial charge in [-0.2, -0.15) is 9.40 Å². The molecule has 1 atom stereocenters. The van der Waals surface area contributed by atoms with Gasteiger partial charge in [-0.25, -0.2) is 8.42 Å². The van der Waals surface area contributed by atoms with Gasteiger partial charge in [-0.05, 0) is 12.5 Å². The molecule has 15 heavy (non-hydrogen) atoms. The summed E-state index contributed by atoms with van der Waals surface area (Å²) in [6.07, 6.45) is 3.80. The Hall–Kier alpha value is -1.08. The first kappa shape index (κ1) is 10.4. The van der Waals surface area contributed by atoms with Crippen molar-refractivity contribution in [2.45, 2.75) is 12.5 Å². The average Bonchev–Trinajstić information content (AvgIpc) is 2.69.